The van der Waals surface area contributed by atoms with Crippen LogP contribution in [0.5, 0.6) is 0 Å². The SMILES string of the molecule is CC(C)c1cc(C(=O)N(C)Cc2cnn(-c3ccc(F)cc3)c2)n(C)n1. The molecule has 26 heavy (non-hydrogen) atoms. The number of benzene rings is 1. The summed E-state index contributed by atoms with van der Waals surface area (Å²) in [5.41, 5.74) is 3.10. The van der Waals surface area contributed by atoms with E-state index in [1.165, 1.54) is 12.1 Å². The monoisotopic (exact) mass is 355 g/mol. The molecule has 0 unspecified atom stereocenters. The van der Waals surface area contributed by atoms with E-state index in [9.17, 15) is 9.18 Å². The van der Waals surface area contributed by atoms with Crippen molar-refractivity contribution in [3.8, 4) is 5.69 Å². The van der Waals surface area contributed by atoms with Gasteiger partial charge >= 0.3 is 0 Å². The van der Waals surface area contributed by atoms with Gasteiger partial charge in [-0.3, -0.25) is 9.48 Å². The molecule has 0 bridgehead atoms. The second-order valence-electron chi connectivity index (χ2n) is 6.66. The topological polar surface area (TPSA) is 56.0 Å². The summed E-state index contributed by atoms with van der Waals surface area (Å²) in [5.74, 6) is -0.119. The van der Waals surface area contributed by atoms with Gasteiger partial charge in [-0.25, -0.2) is 9.07 Å². The predicted molar refractivity (Wildman–Crippen MR) is 96.6 cm³/mol. The number of halogens is 1. The van der Waals surface area contributed by atoms with Gasteiger partial charge < -0.3 is 4.90 Å². The number of nitrogens with zero attached hydrogens (tertiary/aromatic N) is 5. The van der Waals surface area contributed by atoms with E-state index < -0.39 is 0 Å². The Balaban J connectivity index is 1.73. The van der Waals surface area contributed by atoms with Crippen molar-refractivity contribution in [2.75, 3.05) is 7.05 Å². The Morgan fingerprint density at radius 3 is 2.58 bits per heavy atom. The minimum absolute atomic E-state index is 0.0959. The summed E-state index contributed by atoms with van der Waals surface area (Å²) < 4.78 is 16.3. The van der Waals surface area contributed by atoms with Gasteiger partial charge in [-0.05, 0) is 36.2 Å². The number of aromatic nitrogens is 4. The predicted octanol–water partition coefficient (Wildman–Crippen LogP) is 3.14. The zero-order valence-electron chi connectivity index (χ0n) is 15.3. The maximum Gasteiger partial charge on any atom is 0.272 e. The van der Waals surface area contributed by atoms with E-state index in [0.717, 1.165) is 16.9 Å². The van der Waals surface area contributed by atoms with E-state index in [1.807, 2.05) is 26.1 Å². The molecule has 0 fully saturated rings. The number of carbonyl (C=O) groups is 1. The van der Waals surface area contributed by atoms with Crippen LogP contribution in [-0.2, 0) is 13.6 Å². The van der Waals surface area contributed by atoms with E-state index >= 15 is 0 Å². The Kier molecular flexibility index (Phi) is 4.88. The molecule has 0 aliphatic carbocycles. The van der Waals surface area contributed by atoms with Crippen LogP contribution in [0.4, 0.5) is 4.39 Å². The molecule has 2 heterocycles. The Bertz CT molecular complexity index is 910. The van der Waals surface area contributed by atoms with E-state index in [0.29, 0.717) is 12.2 Å². The average Bonchev–Trinajstić information content (AvgIpc) is 3.21. The standard InChI is InChI=1S/C19H22FN5O/c1-13(2)17-9-18(24(4)22-17)19(26)23(3)11-14-10-21-25(12-14)16-7-5-15(20)6-8-16/h5-10,12-13H,11H2,1-4H3. The lowest BCUT2D eigenvalue weighted by atomic mass is 10.1. The van der Waals surface area contributed by atoms with E-state index in [1.54, 1.807) is 46.7 Å². The summed E-state index contributed by atoms with van der Waals surface area (Å²) in [6.45, 7) is 4.51. The normalized spacial score (nSPS) is 11.2. The second kappa shape index (κ2) is 7.11. The Morgan fingerprint density at radius 1 is 1.27 bits per heavy atom. The third kappa shape index (κ3) is 3.66. The smallest absolute Gasteiger partial charge is 0.272 e. The van der Waals surface area contributed by atoms with Crippen LogP contribution in [-0.4, -0.2) is 37.4 Å². The molecule has 0 atom stereocenters. The van der Waals surface area contributed by atoms with Gasteiger partial charge in [0.05, 0.1) is 17.6 Å². The minimum Gasteiger partial charge on any atom is -0.336 e. The summed E-state index contributed by atoms with van der Waals surface area (Å²) in [6, 6.07) is 7.93. The first-order valence-corrected chi connectivity index (χ1v) is 8.44. The van der Waals surface area contributed by atoms with Crippen molar-refractivity contribution in [1.82, 2.24) is 24.5 Å². The largest absolute Gasteiger partial charge is 0.336 e. The van der Waals surface area contributed by atoms with Crippen LogP contribution >= 0.6 is 0 Å². The number of hydrogen-bond donors (Lipinski definition) is 0. The third-order valence-corrected chi connectivity index (χ3v) is 4.20. The maximum absolute atomic E-state index is 13.0. The molecule has 136 valence electrons. The molecule has 3 aromatic rings. The summed E-state index contributed by atoms with van der Waals surface area (Å²) in [5, 5.41) is 8.68. The highest BCUT2D eigenvalue weighted by molar-refractivity contribution is 5.92. The van der Waals surface area contributed by atoms with Gasteiger partial charge in [0.25, 0.3) is 5.91 Å². The zero-order valence-corrected chi connectivity index (χ0v) is 15.3. The lowest BCUT2D eigenvalue weighted by Gasteiger charge is -2.16. The van der Waals surface area contributed by atoms with Crippen molar-refractivity contribution >= 4 is 5.91 Å². The van der Waals surface area contributed by atoms with Crippen LogP contribution in [0.2, 0.25) is 0 Å². The molecule has 0 N–H and O–H groups in total. The summed E-state index contributed by atoms with van der Waals surface area (Å²) >= 11 is 0. The number of aryl methyl sites for hydroxylation is 1. The first kappa shape index (κ1) is 17.8. The molecule has 7 heteroatoms. The molecule has 0 radical (unpaired) electrons. The highest BCUT2D eigenvalue weighted by atomic mass is 19.1. The highest BCUT2D eigenvalue weighted by Crippen LogP contribution is 2.16. The van der Waals surface area contributed by atoms with Gasteiger partial charge in [0.1, 0.15) is 11.5 Å². The first-order chi connectivity index (χ1) is 12.3. The highest BCUT2D eigenvalue weighted by Gasteiger charge is 2.19. The molecular weight excluding hydrogens is 333 g/mol. The summed E-state index contributed by atoms with van der Waals surface area (Å²) in [6.07, 6.45) is 3.54. The fourth-order valence-electron chi connectivity index (χ4n) is 2.69. The average molecular weight is 355 g/mol. The maximum atomic E-state index is 13.0. The van der Waals surface area contributed by atoms with Gasteiger partial charge in [0.15, 0.2) is 0 Å². The molecule has 2 aromatic heterocycles. The van der Waals surface area contributed by atoms with Crippen LogP contribution in [0.1, 0.15) is 41.5 Å². The van der Waals surface area contributed by atoms with Gasteiger partial charge in [0.2, 0.25) is 0 Å². The first-order valence-electron chi connectivity index (χ1n) is 8.44. The second-order valence-corrected chi connectivity index (χ2v) is 6.66. The number of amides is 1. The molecular formula is C19H22FN5O. The Labute approximate surface area is 151 Å². The number of carbonyl (C=O) groups excluding carboxylic acids is 1. The quantitative estimate of drug-likeness (QED) is 0.706. The molecule has 0 saturated heterocycles. The molecule has 3 rings (SSSR count). The van der Waals surface area contributed by atoms with Crippen LogP contribution in [0, 0.1) is 5.82 Å². The fraction of sp³-hybridized carbons (Fsp3) is 0.316. The zero-order chi connectivity index (χ0) is 18.8. The minimum atomic E-state index is -0.289. The lowest BCUT2D eigenvalue weighted by molar-refractivity contribution is 0.0774. The van der Waals surface area contributed by atoms with Crippen molar-refractivity contribution in [1.29, 1.82) is 0 Å². The van der Waals surface area contributed by atoms with Crippen LogP contribution < -0.4 is 0 Å². The van der Waals surface area contributed by atoms with Crippen molar-refractivity contribution in [2.45, 2.75) is 26.3 Å². The van der Waals surface area contributed by atoms with Crippen LogP contribution in [0.15, 0.2) is 42.7 Å². The van der Waals surface area contributed by atoms with Crippen LogP contribution in [0.25, 0.3) is 5.69 Å². The Morgan fingerprint density at radius 2 is 1.96 bits per heavy atom. The van der Waals surface area contributed by atoms with Crippen molar-refractivity contribution < 1.29 is 9.18 Å². The fourth-order valence-corrected chi connectivity index (χ4v) is 2.69. The Hall–Kier alpha value is -2.96. The van der Waals surface area contributed by atoms with E-state index in [4.69, 9.17) is 0 Å². The molecule has 0 aliphatic rings. The van der Waals surface area contributed by atoms with Gasteiger partial charge in [-0.2, -0.15) is 10.2 Å². The van der Waals surface area contributed by atoms with Crippen molar-refractivity contribution in [3.05, 3.63) is 65.5 Å². The molecule has 1 aromatic carbocycles. The molecule has 6 nitrogen and oxygen atoms in total. The van der Waals surface area contributed by atoms with Gasteiger partial charge in [-0.15, -0.1) is 0 Å². The van der Waals surface area contributed by atoms with E-state index in [-0.39, 0.29) is 17.6 Å². The molecule has 0 aliphatic heterocycles. The van der Waals surface area contributed by atoms with Gasteiger partial charge in [-0.1, -0.05) is 13.8 Å². The lowest BCUT2D eigenvalue weighted by Crippen LogP contribution is -2.27. The number of rotatable bonds is 5. The van der Waals surface area contributed by atoms with Crippen molar-refractivity contribution in [2.24, 2.45) is 7.05 Å². The molecule has 1 amide bonds. The van der Waals surface area contributed by atoms with Crippen LogP contribution in [0.3, 0.4) is 0 Å². The third-order valence-electron chi connectivity index (χ3n) is 4.20. The summed E-state index contributed by atoms with van der Waals surface area (Å²) in [4.78, 5) is 14.3. The van der Waals surface area contributed by atoms with Crippen molar-refractivity contribution in [3.63, 3.8) is 0 Å². The molecule has 0 spiro atoms. The molecule has 0 saturated carbocycles. The van der Waals surface area contributed by atoms with E-state index in [2.05, 4.69) is 10.2 Å². The number of hydrogen-bond acceptors (Lipinski definition) is 3. The van der Waals surface area contributed by atoms with Gasteiger partial charge in [0, 0.05) is 32.4 Å². The summed E-state index contributed by atoms with van der Waals surface area (Å²) in [7, 11) is 3.53.